The smallest absolute Gasteiger partial charge is 0.352 e. The first-order chi connectivity index (χ1) is 16.9. The quantitative estimate of drug-likeness (QED) is 0.171. The Bertz CT molecular complexity index is 974. The van der Waals surface area contributed by atoms with Crippen molar-refractivity contribution in [2.24, 2.45) is 0 Å². The van der Waals surface area contributed by atoms with E-state index in [0.717, 1.165) is 37.1 Å². The molecule has 0 aliphatic carbocycles. The summed E-state index contributed by atoms with van der Waals surface area (Å²) in [5.41, 5.74) is -2.92. The molecule has 0 saturated heterocycles. The molecule has 2 rings (SSSR count). The SMILES string of the molecule is CCCCNC(=O)c1cccc(C(F)(F)F)c1SSc1c(C(=O)NCCCC)cccc1C(F)(F)F. The Morgan fingerprint density at radius 3 is 1.36 bits per heavy atom. The monoisotopic (exact) mass is 552 g/mol. The number of unbranched alkanes of at least 4 members (excludes halogenated alkanes) is 2. The molecule has 0 atom stereocenters. The van der Waals surface area contributed by atoms with Gasteiger partial charge in [-0.05, 0) is 37.1 Å². The minimum Gasteiger partial charge on any atom is -0.352 e. The fraction of sp³-hybridized carbons (Fsp3) is 0.417. The van der Waals surface area contributed by atoms with Gasteiger partial charge >= 0.3 is 12.4 Å². The van der Waals surface area contributed by atoms with E-state index in [2.05, 4.69) is 10.6 Å². The first-order valence-corrected chi connectivity index (χ1v) is 13.4. The van der Waals surface area contributed by atoms with Crippen LogP contribution in [0.2, 0.25) is 0 Å². The third-order valence-corrected chi connectivity index (χ3v) is 7.52. The van der Waals surface area contributed by atoms with Crippen molar-refractivity contribution in [3.8, 4) is 0 Å². The highest BCUT2D eigenvalue weighted by Gasteiger charge is 2.38. The molecule has 0 bridgehead atoms. The van der Waals surface area contributed by atoms with Gasteiger partial charge in [0.2, 0.25) is 0 Å². The third-order valence-electron chi connectivity index (χ3n) is 4.97. The van der Waals surface area contributed by atoms with Crippen LogP contribution in [0.15, 0.2) is 46.2 Å². The third kappa shape index (κ3) is 8.09. The molecular formula is C24H26F6N2O2S2. The molecule has 0 heterocycles. The molecular weight excluding hydrogens is 526 g/mol. The van der Waals surface area contributed by atoms with Gasteiger partial charge in [-0.25, -0.2) is 0 Å². The second-order valence-corrected chi connectivity index (χ2v) is 9.90. The van der Waals surface area contributed by atoms with Crippen molar-refractivity contribution in [1.29, 1.82) is 0 Å². The lowest BCUT2D eigenvalue weighted by atomic mass is 10.1. The zero-order valence-electron chi connectivity index (χ0n) is 19.6. The maximum atomic E-state index is 13.8. The lowest BCUT2D eigenvalue weighted by molar-refractivity contribution is -0.140. The molecule has 0 spiro atoms. The number of carbonyl (C=O) groups is 2. The van der Waals surface area contributed by atoms with Gasteiger partial charge in [-0.3, -0.25) is 9.59 Å². The lowest BCUT2D eigenvalue weighted by Crippen LogP contribution is -2.26. The Hall–Kier alpha value is -2.34. The van der Waals surface area contributed by atoms with Gasteiger partial charge in [0.1, 0.15) is 0 Å². The number of amides is 2. The number of carbonyl (C=O) groups excluding carboxylic acids is 2. The second kappa shape index (κ2) is 13.3. The fourth-order valence-corrected chi connectivity index (χ4v) is 5.88. The fourth-order valence-electron chi connectivity index (χ4n) is 3.09. The maximum absolute atomic E-state index is 13.8. The lowest BCUT2D eigenvalue weighted by Gasteiger charge is -2.19. The summed E-state index contributed by atoms with van der Waals surface area (Å²) in [4.78, 5) is 24.2. The summed E-state index contributed by atoms with van der Waals surface area (Å²) < 4.78 is 82.6. The van der Waals surface area contributed by atoms with E-state index in [1.165, 1.54) is 12.1 Å². The summed E-state index contributed by atoms with van der Waals surface area (Å²) in [6.45, 7) is 4.23. The average molecular weight is 553 g/mol. The average Bonchev–Trinajstić information content (AvgIpc) is 2.81. The van der Waals surface area contributed by atoms with Gasteiger partial charge in [0.05, 0.1) is 22.3 Å². The number of nitrogens with one attached hydrogen (secondary N) is 2. The van der Waals surface area contributed by atoms with Crippen LogP contribution in [-0.2, 0) is 12.4 Å². The number of rotatable bonds is 11. The first kappa shape index (κ1) is 29.9. The van der Waals surface area contributed by atoms with Crippen LogP contribution in [0.5, 0.6) is 0 Å². The van der Waals surface area contributed by atoms with E-state index in [-0.39, 0.29) is 24.2 Å². The van der Waals surface area contributed by atoms with Crippen molar-refractivity contribution in [1.82, 2.24) is 10.6 Å². The molecule has 4 nitrogen and oxygen atoms in total. The Labute approximate surface area is 213 Å². The molecule has 0 unspecified atom stereocenters. The van der Waals surface area contributed by atoms with Crippen molar-refractivity contribution in [3.63, 3.8) is 0 Å². The Morgan fingerprint density at radius 1 is 0.694 bits per heavy atom. The van der Waals surface area contributed by atoms with Crippen LogP contribution in [0.25, 0.3) is 0 Å². The summed E-state index contributed by atoms with van der Waals surface area (Å²) in [6.07, 6.45) is -7.00. The number of hydrogen-bond donors (Lipinski definition) is 2. The zero-order chi connectivity index (χ0) is 26.9. The molecule has 0 fully saturated rings. The largest absolute Gasteiger partial charge is 0.417 e. The Balaban J connectivity index is 2.52. The highest BCUT2D eigenvalue weighted by atomic mass is 33.1. The minimum absolute atomic E-state index is 0.238. The molecule has 2 N–H and O–H groups in total. The highest BCUT2D eigenvalue weighted by Crippen LogP contribution is 2.49. The van der Waals surface area contributed by atoms with Crippen LogP contribution in [0.4, 0.5) is 26.3 Å². The normalized spacial score (nSPS) is 11.9. The molecule has 0 radical (unpaired) electrons. The van der Waals surface area contributed by atoms with Crippen molar-refractivity contribution in [2.45, 2.75) is 61.7 Å². The van der Waals surface area contributed by atoms with Crippen LogP contribution in [-0.4, -0.2) is 24.9 Å². The van der Waals surface area contributed by atoms with E-state index in [1.54, 1.807) is 0 Å². The van der Waals surface area contributed by atoms with Gasteiger partial charge in [-0.1, -0.05) is 60.4 Å². The standard InChI is InChI=1S/C24H26F6N2O2S2/c1-3-5-13-31-21(33)15-9-7-11-17(23(25,26)27)19(15)35-36-20-16(22(34)32-14-6-4-2)10-8-12-18(20)24(28,29)30/h7-12H,3-6,13-14H2,1-2H3,(H,31,33)(H,32,34). The van der Waals surface area contributed by atoms with Gasteiger partial charge < -0.3 is 10.6 Å². The molecule has 198 valence electrons. The Morgan fingerprint density at radius 2 is 1.06 bits per heavy atom. The second-order valence-electron chi connectivity index (χ2n) is 7.75. The molecule has 0 saturated carbocycles. The van der Waals surface area contributed by atoms with E-state index in [9.17, 15) is 35.9 Å². The van der Waals surface area contributed by atoms with Gasteiger partial charge in [0, 0.05) is 22.9 Å². The minimum atomic E-state index is -4.85. The van der Waals surface area contributed by atoms with E-state index >= 15 is 0 Å². The van der Waals surface area contributed by atoms with Gasteiger partial charge in [0.25, 0.3) is 11.8 Å². The van der Waals surface area contributed by atoms with E-state index in [1.807, 2.05) is 13.8 Å². The van der Waals surface area contributed by atoms with Crippen LogP contribution >= 0.6 is 21.6 Å². The van der Waals surface area contributed by atoms with Crippen molar-refractivity contribution in [3.05, 3.63) is 58.7 Å². The number of hydrogen-bond acceptors (Lipinski definition) is 4. The maximum Gasteiger partial charge on any atom is 0.417 e. The number of halogens is 6. The molecule has 0 aliphatic heterocycles. The van der Waals surface area contributed by atoms with Crippen molar-refractivity contribution >= 4 is 33.4 Å². The summed E-state index contributed by atoms with van der Waals surface area (Å²) in [7, 11) is 0.734. The topological polar surface area (TPSA) is 58.2 Å². The summed E-state index contributed by atoms with van der Waals surface area (Å²) in [5, 5.41) is 5.08. The molecule has 2 amide bonds. The van der Waals surface area contributed by atoms with E-state index < -0.39 is 45.1 Å². The summed E-state index contributed by atoms with van der Waals surface area (Å²) in [5.74, 6) is -1.53. The van der Waals surface area contributed by atoms with Crippen LogP contribution in [0, 0.1) is 0 Å². The van der Waals surface area contributed by atoms with E-state index in [4.69, 9.17) is 0 Å². The first-order valence-electron chi connectivity index (χ1n) is 11.2. The predicted octanol–water partition coefficient (Wildman–Crippen LogP) is 7.58. The summed E-state index contributed by atoms with van der Waals surface area (Å²) >= 11 is 0. The number of benzene rings is 2. The molecule has 2 aromatic rings. The zero-order valence-corrected chi connectivity index (χ0v) is 21.2. The van der Waals surface area contributed by atoms with Crippen LogP contribution in [0.1, 0.15) is 71.4 Å². The number of alkyl halides is 6. The van der Waals surface area contributed by atoms with Crippen LogP contribution in [0.3, 0.4) is 0 Å². The summed E-state index contributed by atoms with van der Waals surface area (Å²) in [6, 6.07) is 6.05. The van der Waals surface area contributed by atoms with Crippen LogP contribution < -0.4 is 10.6 Å². The molecule has 0 aliphatic rings. The van der Waals surface area contributed by atoms with Gasteiger partial charge in [0.15, 0.2) is 0 Å². The molecule has 36 heavy (non-hydrogen) atoms. The highest BCUT2D eigenvalue weighted by molar-refractivity contribution is 8.76. The molecule has 2 aromatic carbocycles. The van der Waals surface area contributed by atoms with Gasteiger partial charge in [-0.15, -0.1) is 0 Å². The predicted molar refractivity (Wildman–Crippen MR) is 129 cm³/mol. The Kier molecular flexibility index (Phi) is 11.0. The van der Waals surface area contributed by atoms with Gasteiger partial charge in [-0.2, -0.15) is 26.3 Å². The van der Waals surface area contributed by atoms with Crippen molar-refractivity contribution < 1.29 is 35.9 Å². The molecule has 12 heteroatoms. The van der Waals surface area contributed by atoms with Crippen molar-refractivity contribution in [2.75, 3.05) is 13.1 Å². The molecule has 0 aromatic heterocycles. The van der Waals surface area contributed by atoms with E-state index in [0.29, 0.717) is 34.4 Å².